The second kappa shape index (κ2) is 3.19. The van der Waals surface area contributed by atoms with Gasteiger partial charge in [0.15, 0.2) is 0 Å². The summed E-state index contributed by atoms with van der Waals surface area (Å²) in [5.41, 5.74) is 8.67. The zero-order valence-corrected chi connectivity index (χ0v) is 6.83. The van der Waals surface area contributed by atoms with E-state index in [-0.39, 0.29) is 0 Å². The Kier molecular flexibility index (Phi) is 2.26. The normalized spacial score (nSPS) is 10.7. The first kappa shape index (κ1) is 7.79. The van der Waals surface area contributed by atoms with Crippen LogP contribution in [0.15, 0.2) is 23.2 Å². The number of hydrogen-bond acceptors (Lipinski definition) is 2. The molecular weight excluding hydrogens is 136 g/mol. The van der Waals surface area contributed by atoms with E-state index in [1.165, 1.54) is 5.56 Å². The largest absolute Gasteiger partial charge is 0.399 e. The van der Waals surface area contributed by atoms with E-state index in [2.05, 4.69) is 4.99 Å². The maximum Gasteiger partial charge on any atom is 0.0320 e. The van der Waals surface area contributed by atoms with E-state index in [9.17, 15) is 0 Å². The van der Waals surface area contributed by atoms with Crippen LogP contribution in [0.25, 0.3) is 0 Å². The van der Waals surface area contributed by atoms with E-state index >= 15 is 0 Å². The smallest absolute Gasteiger partial charge is 0.0320 e. The molecule has 58 valence electrons. The van der Waals surface area contributed by atoms with E-state index in [0.29, 0.717) is 0 Å². The molecule has 0 aliphatic rings. The number of aliphatic imine (C=N–C) groups is 1. The van der Waals surface area contributed by atoms with E-state index in [4.69, 9.17) is 5.73 Å². The van der Waals surface area contributed by atoms with Crippen LogP contribution in [-0.2, 0) is 0 Å². The van der Waals surface area contributed by atoms with Gasteiger partial charge in [-0.15, -0.1) is 0 Å². The molecule has 2 nitrogen and oxygen atoms in total. The molecule has 0 spiro atoms. The van der Waals surface area contributed by atoms with E-state index in [0.717, 1.165) is 11.3 Å². The summed E-state index contributed by atoms with van der Waals surface area (Å²) in [7, 11) is 1.75. The molecule has 1 aromatic rings. The first-order chi connectivity index (χ1) is 5.24. The Labute approximate surface area is 66.8 Å². The third kappa shape index (κ3) is 1.80. The highest BCUT2D eigenvalue weighted by Crippen LogP contribution is 2.09. The van der Waals surface area contributed by atoms with E-state index < -0.39 is 0 Å². The standard InChI is InChI=1S/C9H12N2/c1-7-3-4-9(10)5-8(7)6-11-2/h3-6H,10H2,1-2H3/b11-6-. The molecule has 0 saturated heterocycles. The van der Waals surface area contributed by atoms with Gasteiger partial charge in [0, 0.05) is 18.9 Å². The summed E-state index contributed by atoms with van der Waals surface area (Å²) in [6.45, 7) is 2.04. The maximum absolute atomic E-state index is 5.60. The number of aryl methyl sites for hydroxylation is 1. The lowest BCUT2D eigenvalue weighted by Gasteiger charge is -1.99. The van der Waals surface area contributed by atoms with Gasteiger partial charge in [-0.3, -0.25) is 4.99 Å². The number of hydrogen-bond donors (Lipinski definition) is 1. The fourth-order valence-corrected chi connectivity index (χ4v) is 0.937. The number of nitrogens with zero attached hydrogens (tertiary/aromatic N) is 1. The third-order valence-electron chi connectivity index (χ3n) is 1.57. The fraction of sp³-hybridized carbons (Fsp3) is 0.222. The maximum atomic E-state index is 5.60. The van der Waals surface area contributed by atoms with Gasteiger partial charge in [0.1, 0.15) is 0 Å². The summed E-state index contributed by atoms with van der Waals surface area (Å²) in [5.74, 6) is 0. The molecule has 0 atom stereocenters. The minimum Gasteiger partial charge on any atom is -0.399 e. The van der Waals surface area contributed by atoms with Crippen LogP contribution in [0.1, 0.15) is 11.1 Å². The van der Waals surface area contributed by atoms with Gasteiger partial charge >= 0.3 is 0 Å². The monoisotopic (exact) mass is 148 g/mol. The highest BCUT2D eigenvalue weighted by molar-refractivity contribution is 5.83. The lowest BCUT2D eigenvalue weighted by atomic mass is 10.1. The van der Waals surface area contributed by atoms with Gasteiger partial charge in [0.2, 0.25) is 0 Å². The van der Waals surface area contributed by atoms with Crippen molar-refractivity contribution in [2.45, 2.75) is 6.92 Å². The van der Waals surface area contributed by atoms with Crippen LogP contribution in [0, 0.1) is 6.92 Å². The molecule has 0 saturated carbocycles. The highest BCUT2D eigenvalue weighted by Gasteiger charge is 1.93. The SMILES string of the molecule is C/N=C\c1cc(N)ccc1C. The molecular formula is C9H12N2. The van der Waals surface area contributed by atoms with Gasteiger partial charge in [0.05, 0.1) is 0 Å². The molecule has 1 aromatic carbocycles. The van der Waals surface area contributed by atoms with Crippen molar-refractivity contribution in [2.24, 2.45) is 4.99 Å². The average molecular weight is 148 g/mol. The predicted molar refractivity (Wildman–Crippen MR) is 49.1 cm³/mol. The molecule has 0 heterocycles. The average Bonchev–Trinajstić information content (AvgIpc) is 1.98. The minimum absolute atomic E-state index is 0.783. The van der Waals surface area contributed by atoms with Crippen LogP contribution in [-0.4, -0.2) is 13.3 Å². The topological polar surface area (TPSA) is 38.4 Å². The molecule has 0 aromatic heterocycles. The van der Waals surface area contributed by atoms with Gasteiger partial charge in [-0.1, -0.05) is 6.07 Å². The molecule has 0 unspecified atom stereocenters. The number of rotatable bonds is 1. The van der Waals surface area contributed by atoms with Gasteiger partial charge < -0.3 is 5.73 Å². The van der Waals surface area contributed by atoms with Crippen molar-refractivity contribution >= 4 is 11.9 Å². The zero-order valence-electron chi connectivity index (χ0n) is 6.83. The van der Waals surface area contributed by atoms with Crippen LogP contribution in [0.5, 0.6) is 0 Å². The van der Waals surface area contributed by atoms with Gasteiger partial charge in [-0.25, -0.2) is 0 Å². The molecule has 0 bridgehead atoms. The second-order valence-corrected chi connectivity index (χ2v) is 2.50. The molecule has 0 aliphatic carbocycles. The minimum atomic E-state index is 0.783. The highest BCUT2D eigenvalue weighted by atomic mass is 14.6. The van der Waals surface area contributed by atoms with Crippen LogP contribution >= 0.6 is 0 Å². The predicted octanol–water partition coefficient (Wildman–Crippen LogP) is 1.63. The Morgan fingerprint density at radius 2 is 2.18 bits per heavy atom. The van der Waals surface area contributed by atoms with Crippen molar-refractivity contribution < 1.29 is 0 Å². The fourth-order valence-electron chi connectivity index (χ4n) is 0.937. The Balaban J connectivity index is 3.12. The molecule has 0 fully saturated rings. The van der Waals surface area contributed by atoms with Crippen LogP contribution in [0.3, 0.4) is 0 Å². The second-order valence-electron chi connectivity index (χ2n) is 2.50. The van der Waals surface area contributed by atoms with Crippen molar-refractivity contribution in [2.75, 3.05) is 12.8 Å². The van der Waals surface area contributed by atoms with Crippen molar-refractivity contribution in [3.8, 4) is 0 Å². The summed E-state index contributed by atoms with van der Waals surface area (Å²) in [4.78, 5) is 3.93. The number of nitrogens with two attached hydrogens (primary N) is 1. The number of nitrogen functional groups attached to an aromatic ring is 1. The summed E-state index contributed by atoms with van der Waals surface area (Å²) in [6, 6.07) is 5.80. The number of benzene rings is 1. The zero-order chi connectivity index (χ0) is 8.27. The Hall–Kier alpha value is -1.31. The summed E-state index contributed by atoms with van der Waals surface area (Å²) >= 11 is 0. The van der Waals surface area contributed by atoms with Crippen LogP contribution in [0.4, 0.5) is 5.69 Å². The van der Waals surface area contributed by atoms with Crippen LogP contribution < -0.4 is 5.73 Å². The third-order valence-corrected chi connectivity index (χ3v) is 1.57. The van der Waals surface area contributed by atoms with Gasteiger partial charge in [0.25, 0.3) is 0 Å². The Morgan fingerprint density at radius 3 is 2.82 bits per heavy atom. The summed E-state index contributed by atoms with van der Waals surface area (Å²) in [6.07, 6.45) is 1.81. The lowest BCUT2D eigenvalue weighted by molar-refractivity contribution is 1.41. The van der Waals surface area contributed by atoms with Gasteiger partial charge in [-0.05, 0) is 30.2 Å². The Bertz CT molecular complexity index is 277. The van der Waals surface area contributed by atoms with Crippen molar-refractivity contribution in [1.82, 2.24) is 0 Å². The quantitative estimate of drug-likeness (QED) is 0.477. The molecule has 0 amide bonds. The lowest BCUT2D eigenvalue weighted by Crippen LogP contribution is -1.90. The molecule has 0 aliphatic heterocycles. The van der Waals surface area contributed by atoms with Crippen LogP contribution in [0.2, 0.25) is 0 Å². The Morgan fingerprint density at radius 1 is 1.45 bits per heavy atom. The molecule has 2 N–H and O–H groups in total. The van der Waals surface area contributed by atoms with Crippen molar-refractivity contribution in [3.63, 3.8) is 0 Å². The molecule has 0 radical (unpaired) electrons. The molecule has 1 rings (SSSR count). The number of anilines is 1. The first-order valence-electron chi connectivity index (χ1n) is 3.52. The summed E-state index contributed by atoms with van der Waals surface area (Å²) < 4.78 is 0. The van der Waals surface area contributed by atoms with Gasteiger partial charge in [-0.2, -0.15) is 0 Å². The van der Waals surface area contributed by atoms with E-state index in [1.807, 2.05) is 31.3 Å². The first-order valence-corrected chi connectivity index (χ1v) is 3.52. The van der Waals surface area contributed by atoms with Crippen molar-refractivity contribution in [1.29, 1.82) is 0 Å². The molecule has 2 heteroatoms. The molecule has 11 heavy (non-hydrogen) atoms. The van der Waals surface area contributed by atoms with E-state index in [1.54, 1.807) is 7.05 Å². The van der Waals surface area contributed by atoms with Crippen molar-refractivity contribution in [3.05, 3.63) is 29.3 Å². The summed E-state index contributed by atoms with van der Waals surface area (Å²) in [5, 5.41) is 0.